The second kappa shape index (κ2) is 8.98. The smallest absolute Gasteiger partial charge is 0.236 e. The molecule has 124 valence electrons. The number of hydrogen-bond acceptors (Lipinski definition) is 4. The van der Waals surface area contributed by atoms with E-state index in [0.717, 1.165) is 30.9 Å². The van der Waals surface area contributed by atoms with E-state index in [-0.39, 0.29) is 18.3 Å². The van der Waals surface area contributed by atoms with Crippen molar-refractivity contribution in [2.75, 3.05) is 40.3 Å². The summed E-state index contributed by atoms with van der Waals surface area (Å²) in [5.41, 5.74) is 1.11. The minimum Gasteiger partial charge on any atom is -0.497 e. The number of hydrogen-bond donors (Lipinski definition) is 1. The normalized spacial score (nSPS) is 18.4. The minimum atomic E-state index is 0. The van der Waals surface area contributed by atoms with Gasteiger partial charge in [0.25, 0.3) is 0 Å². The topological polar surface area (TPSA) is 44.8 Å². The van der Waals surface area contributed by atoms with E-state index >= 15 is 0 Å². The third-order valence-electron chi connectivity index (χ3n) is 3.98. The summed E-state index contributed by atoms with van der Waals surface area (Å²) in [7, 11) is 3.51. The van der Waals surface area contributed by atoms with Crippen molar-refractivity contribution in [2.45, 2.75) is 19.5 Å². The van der Waals surface area contributed by atoms with E-state index < -0.39 is 0 Å². The molecule has 1 fully saturated rings. The Bertz CT molecular complexity index is 467. The molecule has 0 saturated carbocycles. The summed E-state index contributed by atoms with van der Waals surface area (Å²) in [5, 5.41) is 3.34. The highest BCUT2D eigenvalue weighted by molar-refractivity contribution is 5.85. The Morgan fingerprint density at radius 3 is 2.68 bits per heavy atom. The van der Waals surface area contributed by atoms with Crippen LogP contribution in [0.25, 0.3) is 0 Å². The van der Waals surface area contributed by atoms with Crippen LogP contribution < -0.4 is 10.1 Å². The van der Waals surface area contributed by atoms with E-state index in [4.69, 9.17) is 4.74 Å². The van der Waals surface area contributed by atoms with Gasteiger partial charge >= 0.3 is 0 Å². The van der Waals surface area contributed by atoms with Crippen LogP contribution in [0.5, 0.6) is 5.75 Å². The molecule has 0 radical (unpaired) electrons. The van der Waals surface area contributed by atoms with Crippen LogP contribution in [-0.2, 0) is 11.3 Å². The maximum atomic E-state index is 12.3. The Labute approximate surface area is 139 Å². The van der Waals surface area contributed by atoms with Crippen LogP contribution in [0.1, 0.15) is 12.5 Å². The van der Waals surface area contributed by atoms with E-state index in [9.17, 15) is 4.79 Å². The monoisotopic (exact) mass is 327 g/mol. The van der Waals surface area contributed by atoms with Gasteiger partial charge in [-0.25, -0.2) is 0 Å². The average molecular weight is 328 g/mol. The molecule has 5 nitrogen and oxygen atoms in total. The van der Waals surface area contributed by atoms with E-state index in [1.165, 1.54) is 0 Å². The van der Waals surface area contributed by atoms with Crippen molar-refractivity contribution in [3.63, 3.8) is 0 Å². The molecule has 0 bridgehead atoms. The Kier molecular flexibility index (Phi) is 7.65. The van der Waals surface area contributed by atoms with Gasteiger partial charge in [0.15, 0.2) is 0 Å². The van der Waals surface area contributed by atoms with Crippen molar-refractivity contribution in [1.29, 1.82) is 0 Å². The van der Waals surface area contributed by atoms with Gasteiger partial charge in [-0.2, -0.15) is 0 Å². The Morgan fingerprint density at radius 2 is 2.09 bits per heavy atom. The third-order valence-corrected chi connectivity index (χ3v) is 3.98. The van der Waals surface area contributed by atoms with Gasteiger partial charge in [0.1, 0.15) is 5.75 Å². The summed E-state index contributed by atoms with van der Waals surface area (Å²) in [6, 6.07) is 8.25. The SMILES string of the molecule is COc1ccc(CN(C)C(=O)CN2CCNC[C@H]2C)cc1.Cl. The first kappa shape index (κ1) is 18.7. The molecule has 1 aliphatic heterocycles. The zero-order chi connectivity index (χ0) is 15.2. The molecule has 22 heavy (non-hydrogen) atoms. The number of nitrogens with one attached hydrogen (secondary N) is 1. The summed E-state index contributed by atoms with van der Waals surface area (Å²) in [5.74, 6) is 1.00. The van der Waals surface area contributed by atoms with E-state index in [1.54, 1.807) is 12.0 Å². The number of halogens is 1. The van der Waals surface area contributed by atoms with Gasteiger partial charge < -0.3 is 15.0 Å². The van der Waals surface area contributed by atoms with Gasteiger partial charge in [-0.05, 0) is 24.6 Å². The van der Waals surface area contributed by atoms with Crippen LogP contribution in [0.2, 0.25) is 0 Å². The summed E-state index contributed by atoms with van der Waals surface area (Å²) < 4.78 is 5.14. The molecule has 1 N–H and O–H groups in total. The van der Waals surface area contributed by atoms with Gasteiger partial charge in [0.2, 0.25) is 5.91 Å². The average Bonchev–Trinajstić information content (AvgIpc) is 2.50. The molecule has 1 saturated heterocycles. The second-order valence-electron chi connectivity index (χ2n) is 5.62. The number of likely N-dealkylation sites (N-methyl/N-ethyl adjacent to an activating group) is 1. The number of ether oxygens (including phenoxy) is 1. The first-order valence-corrected chi connectivity index (χ1v) is 7.42. The molecule has 1 aliphatic rings. The number of nitrogens with zero attached hydrogens (tertiary/aromatic N) is 2. The number of piperazine rings is 1. The molecular formula is C16H26ClN3O2. The minimum absolute atomic E-state index is 0. The fourth-order valence-corrected chi connectivity index (χ4v) is 2.51. The van der Waals surface area contributed by atoms with Crippen molar-refractivity contribution >= 4 is 18.3 Å². The van der Waals surface area contributed by atoms with Gasteiger partial charge in [-0.15, -0.1) is 12.4 Å². The van der Waals surface area contributed by atoms with Crippen molar-refractivity contribution in [1.82, 2.24) is 15.1 Å². The summed E-state index contributed by atoms with van der Waals surface area (Å²) in [4.78, 5) is 16.4. The molecule has 6 heteroatoms. The van der Waals surface area contributed by atoms with E-state index in [2.05, 4.69) is 17.1 Å². The highest BCUT2D eigenvalue weighted by Crippen LogP contribution is 2.13. The standard InChI is InChI=1S/C16H25N3O2.ClH/c1-13-10-17-8-9-19(13)12-16(20)18(2)11-14-4-6-15(21-3)7-5-14;/h4-7,13,17H,8-12H2,1-3H3;1H/t13-;/m1./s1. The fraction of sp³-hybridized carbons (Fsp3) is 0.562. The predicted molar refractivity (Wildman–Crippen MR) is 90.6 cm³/mol. The predicted octanol–water partition coefficient (Wildman–Crippen LogP) is 1.37. The molecular weight excluding hydrogens is 302 g/mol. The van der Waals surface area contributed by atoms with Crippen LogP contribution in [0, 0.1) is 0 Å². The number of benzene rings is 1. The molecule has 0 aliphatic carbocycles. The molecule has 0 spiro atoms. The number of amides is 1. The van der Waals surface area contributed by atoms with Crippen LogP contribution >= 0.6 is 12.4 Å². The first-order chi connectivity index (χ1) is 10.1. The zero-order valence-corrected chi connectivity index (χ0v) is 14.4. The fourth-order valence-electron chi connectivity index (χ4n) is 2.51. The van der Waals surface area contributed by atoms with Gasteiger partial charge in [-0.3, -0.25) is 9.69 Å². The maximum absolute atomic E-state index is 12.3. The molecule has 1 aromatic rings. The Hall–Kier alpha value is -1.30. The van der Waals surface area contributed by atoms with Crippen LogP contribution in [0.3, 0.4) is 0 Å². The lowest BCUT2D eigenvalue weighted by atomic mass is 10.2. The van der Waals surface area contributed by atoms with Crippen LogP contribution in [0.4, 0.5) is 0 Å². The van der Waals surface area contributed by atoms with Gasteiger partial charge in [0.05, 0.1) is 13.7 Å². The largest absolute Gasteiger partial charge is 0.497 e. The van der Waals surface area contributed by atoms with Crippen molar-refractivity contribution < 1.29 is 9.53 Å². The molecule has 0 unspecified atom stereocenters. The van der Waals surface area contributed by atoms with Crippen LogP contribution in [-0.4, -0.2) is 62.1 Å². The highest BCUT2D eigenvalue weighted by atomic mass is 35.5. The second-order valence-corrected chi connectivity index (χ2v) is 5.62. The lowest BCUT2D eigenvalue weighted by molar-refractivity contribution is -0.132. The lowest BCUT2D eigenvalue weighted by Gasteiger charge is -2.34. The number of rotatable bonds is 5. The summed E-state index contributed by atoms with van der Waals surface area (Å²) in [6.45, 7) is 6.13. The zero-order valence-electron chi connectivity index (χ0n) is 13.5. The lowest BCUT2D eigenvalue weighted by Crippen LogP contribution is -2.52. The van der Waals surface area contributed by atoms with E-state index in [0.29, 0.717) is 19.1 Å². The van der Waals surface area contributed by atoms with Crippen LogP contribution in [0.15, 0.2) is 24.3 Å². The number of carbonyl (C=O) groups is 1. The highest BCUT2D eigenvalue weighted by Gasteiger charge is 2.21. The van der Waals surface area contributed by atoms with Crippen molar-refractivity contribution in [3.05, 3.63) is 29.8 Å². The molecule has 1 atom stereocenters. The maximum Gasteiger partial charge on any atom is 0.236 e. The Morgan fingerprint density at radius 1 is 1.41 bits per heavy atom. The number of methoxy groups -OCH3 is 1. The molecule has 0 aromatic heterocycles. The molecule has 2 rings (SSSR count). The van der Waals surface area contributed by atoms with Gasteiger partial charge in [-0.1, -0.05) is 12.1 Å². The Balaban J connectivity index is 0.00000242. The molecule has 1 heterocycles. The summed E-state index contributed by atoms with van der Waals surface area (Å²) in [6.07, 6.45) is 0. The number of carbonyl (C=O) groups excluding carboxylic acids is 1. The molecule has 1 aromatic carbocycles. The first-order valence-electron chi connectivity index (χ1n) is 7.42. The van der Waals surface area contributed by atoms with Crippen molar-refractivity contribution in [2.24, 2.45) is 0 Å². The third kappa shape index (κ3) is 5.16. The summed E-state index contributed by atoms with van der Waals surface area (Å²) >= 11 is 0. The van der Waals surface area contributed by atoms with Gasteiger partial charge in [0, 0.05) is 39.3 Å². The molecule has 1 amide bonds. The van der Waals surface area contributed by atoms with Crippen molar-refractivity contribution in [3.8, 4) is 5.75 Å². The van der Waals surface area contributed by atoms with E-state index in [1.807, 2.05) is 31.3 Å². The quantitative estimate of drug-likeness (QED) is 0.887.